The van der Waals surface area contributed by atoms with Crippen molar-refractivity contribution in [3.8, 4) is 0 Å². The second-order valence-corrected chi connectivity index (χ2v) is 4.26. The second kappa shape index (κ2) is 6.02. The Morgan fingerprint density at radius 1 is 1.50 bits per heavy atom. The van der Waals surface area contributed by atoms with Crippen molar-refractivity contribution in [1.82, 2.24) is 5.32 Å². The first-order valence-corrected chi connectivity index (χ1v) is 5.76. The van der Waals surface area contributed by atoms with E-state index in [0.29, 0.717) is 18.4 Å². The van der Waals surface area contributed by atoms with Gasteiger partial charge in [0, 0.05) is 19.0 Å². The Kier molecular flexibility index (Phi) is 4.94. The average Bonchev–Trinajstić information content (AvgIpc) is 2.58. The SMILES string of the molecule is CCCCC(=O)NCC1CCCC1N. The summed E-state index contributed by atoms with van der Waals surface area (Å²) in [6.45, 7) is 2.88. The van der Waals surface area contributed by atoms with Crippen LogP contribution < -0.4 is 11.1 Å². The van der Waals surface area contributed by atoms with Gasteiger partial charge in [-0.15, -0.1) is 0 Å². The molecule has 0 aromatic heterocycles. The molecule has 2 atom stereocenters. The van der Waals surface area contributed by atoms with Crippen LogP contribution in [0.25, 0.3) is 0 Å². The highest BCUT2D eigenvalue weighted by Gasteiger charge is 2.23. The van der Waals surface area contributed by atoms with E-state index in [1.807, 2.05) is 0 Å². The van der Waals surface area contributed by atoms with Crippen molar-refractivity contribution in [3.05, 3.63) is 0 Å². The summed E-state index contributed by atoms with van der Waals surface area (Å²) in [6.07, 6.45) is 6.25. The van der Waals surface area contributed by atoms with Crippen LogP contribution in [0.4, 0.5) is 0 Å². The fraction of sp³-hybridized carbons (Fsp3) is 0.909. The predicted octanol–water partition coefficient (Wildman–Crippen LogP) is 1.42. The minimum atomic E-state index is 0.186. The number of hydrogen-bond acceptors (Lipinski definition) is 2. The lowest BCUT2D eigenvalue weighted by molar-refractivity contribution is -0.121. The third-order valence-corrected chi connectivity index (χ3v) is 3.04. The molecule has 2 unspecified atom stereocenters. The quantitative estimate of drug-likeness (QED) is 0.702. The number of carbonyl (C=O) groups excluding carboxylic acids is 1. The maximum Gasteiger partial charge on any atom is 0.220 e. The van der Waals surface area contributed by atoms with Gasteiger partial charge in [0.15, 0.2) is 0 Å². The first-order valence-electron chi connectivity index (χ1n) is 5.76. The molecule has 1 rings (SSSR count). The van der Waals surface area contributed by atoms with Crippen LogP contribution in [0.1, 0.15) is 45.4 Å². The lowest BCUT2D eigenvalue weighted by Gasteiger charge is -2.15. The Labute approximate surface area is 86.4 Å². The van der Waals surface area contributed by atoms with Crippen molar-refractivity contribution in [1.29, 1.82) is 0 Å². The van der Waals surface area contributed by atoms with Gasteiger partial charge in [0.25, 0.3) is 0 Å². The van der Waals surface area contributed by atoms with Gasteiger partial charge >= 0.3 is 0 Å². The van der Waals surface area contributed by atoms with E-state index in [0.717, 1.165) is 25.8 Å². The Bertz CT molecular complexity index is 182. The Morgan fingerprint density at radius 2 is 2.29 bits per heavy atom. The van der Waals surface area contributed by atoms with Crippen LogP contribution in [0.5, 0.6) is 0 Å². The molecule has 0 aromatic rings. The summed E-state index contributed by atoms with van der Waals surface area (Å²) in [5, 5.41) is 2.97. The molecule has 14 heavy (non-hydrogen) atoms. The van der Waals surface area contributed by atoms with Crippen LogP contribution in [0.3, 0.4) is 0 Å². The number of unbranched alkanes of at least 4 members (excludes halogenated alkanes) is 1. The maximum absolute atomic E-state index is 11.3. The highest BCUT2D eigenvalue weighted by atomic mass is 16.1. The van der Waals surface area contributed by atoms with Gasteiger partial charge < -0.3 is 11.1 Å². The molecule has 3 heteroatoms. The fourth-order valence-corrected chi connectivity index (χ4v) is 1.99. The van der Waals surface area contributed by atoms with Crippen molar-refractivity contribution in [2.24, 2.45) is 11.7 Å². The van der Waals surface area contributed by atoms with Crippen molar-refractivity contribution < 1.29 is 4.79 Å². The summed E-state index contributed by atoms with van der Waals surface area (Å²) in [7, 11) is 0. The zero-order valence-corrected chi connectivity index (χ0v) is 9.09. The smallest absolute Gasteiger partial charge is 0.220 e. The molecule has 0 aliphatic heterocycles. The van der Waals surface area contributed by atoms with E-state index in [1.54, 1.807) is 0 Å². The molecule has 0 bridgehead atoms. The van der Waals surface area contributed by atoms with Gasteiger partial charge in [-0.1, -0.05) is 19.8 Å². The average molecular weight is 198 g/mol. The lowest BCUT2D eigenvalue weighted by atomic mass is 10.0. The highest BCUT2D eigenvalue weighted by molar-refractivity contribution is 5.75. The standard InChI is InChI=1S/C11H22N2O/c1-2-3-7-11(14)13-8-9-5-4-6-10(9)12/h9-10H,2-8,12H2,1H3,(H,13,14). The van der Waals surface area contributed by atoms with Crippen molar-refractivity contribution in [3.63, 3.8) is 0 Å². The van der Waals surface area contributed by atoms with E-state index in [9.17, 15) is 4.79 Å². The van der Waals surface area contributed by atoms with Gasteiger partial charge in [0.1, 0.15) is 0 Å². The summed E-state index contributed by atoms with van der Waals surface area (Å²) in [4.78, 5) is 11.3. The van der Waals surface area contributed by atoms with Crippen LogP contribution in [0, 0.1) is 5.92 Å². The monoisotopic (exact) mass is 198 g/mol. The molecule has 3 N–H and O–H groups in total. The Morgan fingerprint density at radius 3 is 2.86 bits per heavy atom. The van der Waals surface area contributed by atoms with Crippen LogP contribution >= 0.6 is 0 Å². The number of nitrogens with one attached hydrogen (secondary N) is 1. The van der Waals surface area contributed by atoms with E-state index in [4.69, 9.17) is 5.73 Å². The molecule has 1 aliphatic carbocycles. The molecular weight excluding hydrogens is 176 g/mol. The molecule has 1 saturated carbocycles. The molecule has 0 saturated heterocycles. The molecular formula is C11H22N2O. The van der Waals surface area contributed by atoms with Gasteiger partial charge in [-0.2, -0.15) is 0 Å². The summed E-state index contributed by atoms with van der Waals surface area (Å²) >= 11 is 0. The van der Waals surface area contributed by atoms with E-state index in [-0.39, 0.29) is 5.91 Å². The zero-order valence-electron chi connectivity index (χ0n) is 9.09. The van der Waals surface area contributed by atoms with Gasteiger partial charge in [-0.25, -0.2) is 0 Å². The van der Waals surface area contributed by atoms with E-state index in [2.05, 4.69) is 12.2 Å². The molecule has 1 amide bonds. The van der Waals surface area contributed by atoms with Gasteiger partial charge in [-0.3, -0.25) is 4.79 Å². The minimum Gasteiger partial charge on any atom is -0.356 e. The van der Waals surface area contributed by atoms with Gasteiger partial charge in [-0.05, 0) is 25.2 Å². The van der Waals surface area contributed by atoms with E-state index in [1.165, 1.54) is 12.8 Å². The molecule has 0 aromatic carbocycles. The van der Waals surface area contributed by atoms with Crippen molar-refractivity contribution in [2.75, 3.05) is 6.54 Å². The first kappa shape index (κ1) is 11.5. The largest absolute Gasteiger partial charge is 0.356 e. The summed E-state index contributed by atoms with van der Waals surface area (Å²) in [5.74, 6) is 0.700. The number of carbonyl (C=O) groups is 1. The van der Waals surface area contributed by atoms with Crippen molar-refractivity contribution in [2.45, 2.75) is 51.5 Å². The normalized spacial score (nSPS) is 26.4. The number of amides is 1. The Balaban J connectivity index is 2.10. The molecule has 0 radical (unpaired) electrons. The summed E-state index contributed by atoms with van der Waals surface area (Å²) in [6, 6.07) is 0.307. The second-order valence-electron chi connectivity index (χ2n) is 4.26. The third-order valence-electron chi connectivity index (χ3n) is 3.04. The lowest BCUT2D eigenvalue weighted by Crippen LogP contribution is -2.35. The number of hydrogen-bond donors (Lipinski definition) is 2. The third kappa shape index (κ3) is 3.66. The maximum atomic E-state index is 11.3. The van der Waals surface area contributed by atoms with Crippen LogP contribution in [0.2, 0.25) is 0 Å². The number of rotatable bonds is 5. The van der Waals surface area contributed by atoms with Crippen LogP contribution in [-0.4, -0.2) is 18.5 Å². The molecule has 0 heterocycles. The summed E-state index contributed by atoms with van der Waals surface area (Å²) < 4.78 is 0. The molecule has 1 fully saturated rings. The predicted molar refractivity (Wildman–Crippen MR) is 57.9 cm³/mol. The van der Waals surface area contributed by atoms with Crippen molar-refractivity contribution >= 4 is 5.91 Å². The minimum absolute atomic E-state index is 0.186. The topological polar surface area (TPSA) is 55.1 Å². The summed E-state index contributed by atoms with van der Waals surface area (Å²) in [5.41, 5.74) is 5.91. The van der Waals surface area contributed by atoms with E-state index < -0.39 is 0 Å². The highest BCUT2D eigenvalue weighted by Crippen LogP contribution is 2.22. The number of nitrogens with two attached hydrogens (primary N) is 1. The fourth-order valence-electron chi connectivity index (χ4n) is 1.99. The molecule has 3 nitrogen and oxygen atoms in total. The van der Waals surface area contributed by atoms with Crippen LogP contribution in [0.15, 0.2) is 0 Å². The van der Waals surface area contributed by atoms with Gasteiger partial charge in [0.05, 0.1) is 0 Å². The van der Waals surface area contributed by atoms with Gasteiger partial charge in [0.2, 0.25) is 5.91 Å². The Hall–Kier alpha value is -0.570. The first-order chi connectivity index (χ1) is 6.74. The van der Waals surface area contributed by atoms with E-state index >= 15 is 0 Å². The molecule has 82 valence electrons. The molecule has 1 aliphatic rings. The van der Waals surface area contributed by atoms with Crippen LogP contribution in [-0.2, 0) is 4.79 Å². The zero-order chi connectivity index (χ0) is 10.4. The molecule has 0 spiro atoms.